The Morgan fingerprint density at radius 3 is 2.45 bits per heavy atom. The highest BCUT2D eigenvalue weighted by Crippen LogP contribution is 2.18. The minimum Gasteiger partial charge on any atom is -0.364 e. The van der Waals surface area contributed by atoms with Crippen LogP contribution in [0.5, 0.6) is 0 Å². The molecule has 0 spiro atoms. The van der Waals surface area contributed by atoms with Gasteiger partial charge >= 0.3 is 0 Å². The Labute approximate surface area is 203 Å². The summed E-state index contributed by atoms with van der Waals surface area (Å²) >= 11 is 0. The number of benzene rings is 2. The van der Waals surface area contributed by atoms with E-state index in [-0.39, 0.29) is 24.0 Å². The summed E-state index contributed by atoms with van der Waals surface area (Å²) in [5, 5.41) is 7.11. The van der Waals surface area contributed by atoms with E-state index < -0.39 is 0 Å². The van der Waals surface area contributed by atoms with Crippen molar-refractivity contribution in [1.82, 2.24) is 15.5 Å². The first-order chi connectivity index (χ1) is 14.8. The first-order valence-corrected chi connectivity index (χ1v) is 11.0. The van der Waals surface area contributed by atoms with Crippen LogP contribution in [-0.4, -0.2) is 50.1 Å². The van der Waals surface area contributed by atoms with Crippen LogP contribution in [0.25, 0.3) is 0 Å². The summed E-state index contributed by atoms with van der Waals surface area (Å²) in [5.74, 6) is 0.884. The Balaban J connectivity index is 0.00000272. The summed E-state index contributed by atoms with van der Waals surface area (Å²) in [5.41, 5.74) is 3.93. The zero-order valence-electron chi connectivity index (χ0n) is 18.3. The van der Waals surface area contributed by atoms with Gasteiger partial charge in [0.05, 0.1) is 0 Å². The van der Waals surface area contributed by atoms with Crippen LogP contribution < -0.4 is 15.5 Å². The molecule has 2 aromatic carbocycles. The zero-order valence-corrected chi connectivity index (χ0v) is 20.7. The van der Waals surface area contributed by atoms with E-state index in [0.29, 0.717) is 6.04 Å². The second-order valence-corrected chi connectivity index (χ2v) is 8.17. The molecule has 6 heteroatoms. The third kappa shape index (κ3) is 6.97. The molecule has 0 saturated carbocycles. The minimum absolute atomic E-state index is 0. The van der Waals surface area contributed by atoms with Crippen LogP contribution in [0.1, 0.15) is 24.0 Å². The van der Waals surface area contributed by atoms with E-state index >= 15 is 0 Å². The molecule has 1 unspecified atom stereocenters. The van der Waals surface area contributed by atoms with Gasteiger partial charge in [-0.1, -0.05) is 54.6 Å². The maximum atomic E-state index is 4.45. The largest absolute Gasteiger partial charge is 0.364 e. The monoisotopic (exact) mass is 531 g/mol. The number of piperidine rings is 1. The molecule has 2 N–H and O–H groups in total. The lowest BCUT2D eigenvalue weighted by molar-refractivity contribution is 0.192. The van der Waals surface area contributed by atoms with E-state index in [2.05, 4.69) is 92.2 Å². The number of aliphatic imine (C=N–C) groups is 1. The van der Waals surface area contributed by atoms with Gasteiger partial charge < -0.3 is 15.5 Å². The van der Waals surface area contributed by atoms with Gasteiger partial charge in [0.15, 0.2) is 5.96 Å². The van der Waals surface area contributed by atoms with Gasteiger partial charge in [0.25, 0.3) is 0 Å². The van der Waals surface area contributed by atoms with E-state index in [0.717, 1.165) is 45.2 Å². The first-order valence-electron chi connectivity index (χ1n) is 11.0. The van der Waals surface area contributed by atoms with Crippen molar-refractivity contribution in [3.8, 4) is 0 Å². The maximum Gasteiger partial charge on any atom is 0.191 e. The number of likely N-dealkylation sites (tertiary alicyclic amines) is 1. The standard InChI is InChI=1S/C25H33N5.HI/c1-26-25(27-18-21-11-13-24(14-12-21)30-16-5-6-17-30)28-23-10-7-15-29(20-23)19-22-8-3-2-4-9-22;/h2-6,8-9,11-14,23H,7,10,15-20H2,1H3,(H2,26,27,28);1H. The lowest BCUT2D eigenvalue weighted by Gasteiger charge is -2.34. The summed E-state index contributed by atoms with van der Waals surface area (Å²) < 4.78 is 0. The molecule has 2 aliphatic rings. The first kappa shape index (κ1) is 23.6. The number of guanidine groups is 1. The third-order valence-corrected chi connectivity index (χ3v) is 5.90. The van der Waals surface area contributed by atoms with Crippen molar-refractivity contribution < 1.29 is 0 Å². The van der Waals surface area contributed by atoms with E-state index in [4.69, 9.17) is 0 Å². The van der Waals surface area contributed by atoms with Crippen molar-refractivity contribution >= 4 is 35.6 Å². The molecule has 2 heterocycles. The van der Waals surface area contributed by atoms with E-state index in [1.165, 1.54) is 29.7 Å². The van der Waals surface area contributed by atoms with Gasteiger partial charge in [0.2, 0.25) is 0 Å². The fraction of sp³-hybridized carbons (Fsp3) is 0.400. The predicted octanol–water partition coefficient (Wildman–Crippen LogP) is 4.01. The normalized spacial score (nSPS) is 19.2. The van der Waals surface area contributed by atoms with Crippen LogP contribution in [0.2, 0.25) is 0 Å². The number of halogens is 1. The van der Waals surface area contributed by atoms with Crippen molar-refractivity contribution in [1.29, 1.82) is 0 Å². The Hall–Kier alpha value is -2.06. The second kappa shape index (κ2) is 12.1. The highest BCUT2D eigenvalue weighted by atomic mass is 127. The summed E-state index contributed by atoms with van der Waals surface area (Å²) in [6.45, 7) is 6.03. The molecule has 0 radical (unpaired) electrons. The van der Waals surface area contributed by atoms with E-state index in [9.17, 15) is 0 Å². The van der Waals surface area contributed by atoms with Crippen LogP contribution in [-0.2, 0) is 13.1 Å². The quantitative estimate of drug-likeness (QED) is 0.256. The third-order valence-electron chi connectivity index (χ3n) is 5.90. The molecule has 0 amide bonds. The molecule has 31 heavy (non-hydrogen) atoms. The average molecular weight is 531 g/mol. The fourth-order valence-corrected chi connectivity index (χ4v) is 4.25. The number of hydrogen-bond donors (Lipinski definition) is 2. The molecule has 2 aromatic rings. The second-order valence-electron chi connectivity index (χ2n) is 8.17. The highest BCUT2D eigenvalue weighted by Gasteiger charge is 2.20. The fourth-order valence-electron chi connectivity index (χ4n) is 4.25. The van der Waals surface area contributed by atoms with Crippen molar-refractivity contribution in [2.45, 2.75) is 32.0 Å². The van der Waals surface area contributed by atoms with Gasteiger partial charge in [-0.2, -0.15) is 0 Å². The van der Waals surface area contributed by atoms with Crippen LogP contribution in [0, 0.1) is 0 Å². The molecule has 1 atom stereocenters. The smallest absolute Gasteiger partial charge is 0.191 e. The average Bonchev–Trinajstić information content (AvgIpc) is 3.33. The van der Waals surface area contributed by atoms with Crippen LogP contribution in [0.4, 0.5) is 5.69 Å². The van der Waals surface area contributed by atoms with Crippen LogP contribution in [0.15, 0.2) is 71.7 Å². The summed E-state index contributed by atoms with van der Waals surface area (Å²) in [4.78, 5) is 9.35. The van der Waals surface area contributed by atoms with Crippen molar-refractivity contribution in [3.63, 3.8) is 0 Å². The topological polar surface area (TPSA) is 42.9 Å². The number of nitrogens with one attached hydrogen (secondary N) is 2. The Morgan fingerprint density at radius 2 is 1.74 bits per heavy atom. The molecular formula is C25H34IN5. The molecule has 2 aliphatic heterocycles. The Kier molecular flexibility index (Phi) is 9.21. The Bertz CT molecular complexity index is 842. The van der Waals surface area contributed by atoms with Crippen molar-refractivity contribution in [2.75, 3.05) is 38.1 Å². The van der Waals surface area contributed by atoms with Gasteiger partial charge in [-0.3, -0.25) is 9.89 Å². The SMILES string of the molecule is CN=C(NCc1ccc(N2CC=CC2)cc1)NC1CCCN(Cc2ccccc2)C1.I. The highest BCUT2D eigenvalue weighted by molar-refractivity contribution is 14.0. The minimum atomic E-state index is 0. The zero-order chi connectivity index (χ0) is 20.6. The van der Waals surface area contributed by atoms with Gasteiger partial charge in [-0.15, -0.1) is 24.0 Å². The van der Waals surface area contributed by atoms with Crippen molar-refractivity contribution in [3.05, 3.63) is 77.9 Å². The van der Waals surface area contributed by atoms with Crippen molar-refractivity contribution in [2.24, 2.45) is 4.99 Å². The van der Waals surface area contributed by atoms with Crippen LogP contribution >= 0.6 is 24.0 Å². The molecule has 4 rings (SSSR count). The molecular weight excluding hydrogens is 497 g/mol. The molecule has 0 aliphatic carbocycles. The van der Waals surface area contributed by atoms with E-state index in [1.54, 1.807) is 0 Å². The molecule has 1 fully saturated rings. The summed E-state index contributed by atoms with van der Waals surface area (Å²) in [7, 11) is 1.85. The van der Waals surface area contributed by atoms with Crippen LogP contribution in [0.3, 0.4) is 0 Å². The van der Waals surface area contributed by atoms with Gasteiger partial charge in [0.1, 0.15) is 0 Å². The Morgan fingerprint density at radius 1 is 1.00 bits per heavy atom. The molecule has 166 valence electrons. The lowest BCUT2D eigenvalue weighted by atomic mass is 10.0. The lowest BCUT2D eigenvalue weighted by Crippen LogP contribution is -2.50. The summed E-state index contributed by atoms with van der Waals surface area (Å²) in [6.07, 6.45) is 6.84. The maximum absolute atomic E-state index is 4.45. The predicted molar refractivity (Wildman–Crippen MR) is 141 cm³/mol. The van der Waals surface area contributed by atoms with Gasteiger partial charge in [-0.05, 0) is 42.6 Å². The van der Waals surface area contributed by atoms with Gasteiger partial charge in [0, 0.05) is 51.5 Å². The summed E-state index contributed by atoms with van der Waals surface area (Å²) in [6, 6.07) is 20.0. The van der Waals surface area contributed by atoms with Gasteiger partial charge in [-0.25, -0.2) is 0 Å². The number of anilines is 1. The molecule has 1 saturated heterocycles. The molecule has 5 nitrogen and oxygen atoms in total. The number of hydrogen-bond acceptors (Lipinski definition) is 3. The molecule has 0 bridgehead atoms. The van der Waals surface area contributed by atoms with E-state index in [1.807, 2.05) is 7.05 Å². The number of rotatable bonds is 6. The number of nitrogens with zero attached hydrogens (tertiary/aromatic N) is 3. The molecule has 0 aromatic heterocycles.